The van der Waals surface area contributed by atoms with Gasteiger partial charge in [-0.3, -0.25) is 4.79 Å². The molecule has 0 spiro atoms. The number of phenols is 1. The van der Waals surface area contributed by atoms with Gasteiger partial charge in [-0.2, -0.15) is 5.26 Å². The number of nitrogens with zero attached hydrogens (tertiary/aromatic N) is 2. The average Bonchev–Trinajstić information content (AvgIpc) is 2.39. The number of aromatic hydroxyl groups is 1. The number of benzene rings is 1. The van der Waals surface area contributed by atoms with E-state index in [1.807, 2.05) is 6.07 Å². The first kappa shape index (κ1) is 13.1. The van der Waals surface area contributed by atoms with E-state index in [4.69, 9.17) is 5.26 Å². The van der Waals surface area contributed by atoms with Gasteiger partial charge in [-0.1, -0.05) is 15.9 Å². The summed E-state index contributed by atoms with van der Waals surface area (Å²) in [6.07, 6.45) is 1.36. The summed E-state index contributed by atoms with van der Waals surface area (Å²) < 4.78 is 0.679. The van der Waals surface area contributed by atoms with E-state index in [0.29, 0.717) is 15.9 Å². The lowest BCUT2D eigenvalue weighted by molar-refractivity contribution is 0.102. The van der Waals surface area contributed by atoms with Crippen molar-refractivity contribution in [1.29, 1.82) is 5.26 Å². The van der Waals surface area contributed by atoms with Gasteiger partial charge in [0, 0.05) is 10.7 Å². The molecule has 94 valence electrons. The van der Waals surface area contributed by atoms with Gasteiger partial charge in [-0.15, -0.1) is 0 Å². The Morgan fingerprint density at radius 2 is 2.16 bits per heavy atom. The number of anilines is 1. The molecule has 19 heavy (non-hydrogen) atoms. The van der Waals surface area contributed by atoms with E-state index in [2.05, 4.69) is 26.2 Å². The van der Waals surface area contributed by atoms with Crippen molar-refractivity contribution in [1.82, 2.24) is 4.98 Å². The number of phenolic OH excluding ortho intramolecular Hbond substituents is 1. The molecule has 1 aromatic heterocycles. The van der Waals surface area contributed by atoms with Crippen LogP contribution in [0, 0.1) is 11.3 Å². The van der Waals surface area contributed by atoms with Gasteiger partial charge in [0.15, 0.2) is 0 Å². The quantitative estimate of drug-likeness (QED) is 0.891. The Balaban J connectivity index is 2.18. The lowest BCUT2D eigenvalue weighted by Gasteiger charge is -2.06. The van der Waals surface area contributed by atoms with Crippen molar-refractivity contribution < 1.29 is 9.90 Å². The molecule has 0 saturated heterocycles. The maximum Gasteiger partial charge on any atom is 0.260 e. The van der Waals surface area contributed by atoms with Gasteiger partial charge in [-0.25, -0.2) is 4.98 Å². The molecule has 6 heteroatoms. The van der Waals surface area contributed by atoms with Gasteiger partial charge in [0.2, 0.25) is 0 Å². The van der Waals surface area contributed by atoms with Crippen LogP contribution in [0.1, 0.15) is 15.9 Å². The third kappa shape index (κ3) is 3.09. The minimum Gasteiger partial charge on any atom is -0.507 e. The molecular weight excluding hydrogens is 310 g/mol. The standard InChI is InChI=1S/C13H8BrN3O2/c14-9-2-3-10(11(18)5-9)13(19)17-12-4-1-8(6-15)7-16-12/h1-5,7,18H,(H,16,17,19). The predicted octanol–water partition coefficient (Wildman–Crippen LogP) is 2.67. The van der Waals surface area contributed by atoms with Gasteiger partial charge in [0.05, 0.1) is 11.1 Å². The van der Waals surface area contributed by atoms with Crippen LogP contribution in [0.3, 0.4) is 0 Å². The van der Waals surface area contributed by atoms with E-state index in [-0.39, 0.29) is 11.3 Å². The molecule has 0 aliphatic heterocycles. The van der Waals surface area contributed by atoms with E-state index >= 15 is 0 Å². The third-order valence-electron chi connectivity index (χ3n) is 2.34. The molecule has 0 fully saturated rings. The third-order valence-corrected chi connectivity index (χ3v) is 2.83. The number of aromatic nitrogens is 1. The molecule has 1 aromatic carbocycles. The van der Waals surface area contributed by atoms with E-state index < -0.39 is 5.91 Å². The molecule has 0 atom stereocenters. The Bertz CT molecular complexity index is 663. The number of halogens is 1. The normalized spacial score (nSPS) is 9.68. The molecule has 2 N–H and O–H groups in total. The Morgan fingerprint density at radius 1 is 1.37 bits per heavy atom. The van der Waals surface area contributed by atoms with Crippen LogP contribution in [0.15, 0.2) is 41.0 Å². The van der Waals surface area contributed by atoms with E-state index in [1.54, 1.807) is 12.1 Å². The summed E-state index contributed by atoms with van der Waals surface area (Å²) in [6, 6.07) is 9.58. The highest BCUT2D eigenvalue weighted by molar-refractivity contribution is 9.10. The van der Waals surface area contributed by atoms with Crippen LogP contribution in [0.2, 0.25) is 0 Å². The first-order chi connectivity index (χ1) is 9.10. The summed E-state index contributed by atoms with van der Waals surface area (Å²) in [6.45, 7) is 0. The predicted molar refractivity (Wildman–Crippen MR) is 72.7 cm³/mol. The minimum absolute atomic E-state index is 0.125. The Hall–Kier alpha value is -2.39. The number of amides is 1. The highest BCUT2D eigenvalue weighted by Gasteiger charge is 2.11. The molecule has 0 aliphatic carbocycles. The molecule has 2 aromatic rings. The topological polar surface area (TPSA) is 86.0 Å². The molecule has 5 nitrogen and oxygen atoms in total. The SMILES string of the molecule is N#Cc1ccc(NC(=O)c2ccc(Br)cc2O)nc1. The first-order valence-corrected chi connectivity index (χ1v) is 6.05. The maximum absolute atomic E-state index is 11.9. The zero-order valence-electron chi connectivity index (χ0n) is 9.59. The summed E-state index contributed by atoms with van der Waals surface area (Å²) in [4.78, 5) is 15.8. The van der Waals surface area contributed by atoms with Gasteiger partial charge >= 0.3 is 0 Å². The summed E-state index contributed by atoms with van der Waals surface area (Å²) in [5, 5.41) is 20.8. The Labute approximate surface area is 117 Å². The summed E-state index contributed by atoms with van der Waals surface area (Å²) >= 11 is 3.19. The largest absolute Gasteiger partial charge is 0.507 e. The number of rotatable bonds is 2. The van der Waals surface area contributed by atoms with Crippen molar-refractivity contribution >= 4 is 27.7 Å². The molecule has 0 unspecified atom stereocenters. The minimum atomic E-state index is -0.470. The smallest absolute Gasteiger partial charge is 0.260 e. The molecule has 0 saturated carbocycles. The zero-order chi connectivity index (χ0) is 13.8. The van der Waals surface area contributed by atoms with Crippen LogP contribution < -0.4 is 5.32 Å². The molecule has 0 aliphatic rings. The van der Waals surface area contributed by atoms with Crippen molar-refractivity contribution in [3.05, 3.63) is 52.1 Å². The van der Waals surface area contributed by atoms with Gasteiger partial charge in [0.1, 0.15) is 17.6 Å². The van der Waals surface area contributed by atoms with Crippen LogP contribution in [-0.2, 0) is 0 Å². The van der Waals surface area contributed by atoms with Crippen molar-refractivity contribution in [2.24, 2.45) is 0 Å². The maximum atomic E-state index is 11.9. The first-order valence-electron chi connectivity index (χ1n) is 5.26. The van der Waals surface area contributed by atoms with Gasteiger partial charge in [-0.05, 0) is 30.3 Å². The van der Waals surface area contributed by atoms with Crippen LogP contribution in [0.5, 0.6) is 5.75 Å². The Morgan fingerprint density at radius 3 is 2.74 bits per heavy atom. The Kier molecular flexibility index (Phi) is 3.78. The molecular formula is C13H8BrN3O2. The number of hydrogen-bond acceptors (Lipinski definition) is 4. The number of pyridine rings is 1. The summed E-state index contributed by atoms with van der Waals surface area (Å²) in [5.41, 5.74) is 0.554. The van der Waals surface area contributed by atoms with Crippen LogP contribution in [0.25, 0.3) is 0 Å². The summed E-state index contributed by atoms with van der Waals surface area (Å²) in [5.74, 6) is -0.283. The van der Waals surface area contributed by atoms with Crippen molar-refractivity contribution in [2.75, 3.05) is 5.32 Å². The second kappa shape index (κ2) is 5.50. The number of carbonyl (C=O) groups excluding carboxylic acids is 1. The highest BCUT2D eigenvalue weighted by Crippen LogP contribution is 2.23. The molecule has 0 bridgehead atoms. The van der Waals surface area contributed by atoms with Crippen LogP contribution in [-0.4, -0.2) is 16.0 Å². The van der Waals surface area contributed by atoms with Crippen LogP contribution in [0.4, 0.5) is 5.82 Å². The monoisotopic (exact) mass is 317 g/mol. The lowest BCUT2D eigenvalue weighted by atomic mass is 10.2. The molecule has 2 rings (SSSR count). The van der Waals surface area contributed by atoms with Crippen molar-refractivity contribution in [3.63, 3.8) is 0 Å². The van der Waals surface area contributed by atoms with Gasteiger partial charge < -0.3 is 10.4 Å². The lowest BCUT2D eigenvalue weighted by Crippen LogP contribution is -2.13. The summed E-state index contributed by atoms with van der Waals surface area (Å²) in [7, 11) is 0. The van der Waals surface area contributed by atoms with Gasteiger partial charge in [0.25, 0.3) is 5.91 Å². The van der Waals surface area contributed by atoms with Crippen molar-refractivity contribution in [3.8, 4) is 11.8 Å². The molecule has 0 radical (unpaired) electrons. The fourth-order valence-corrected chi connectivity index (χ4v) is 1.76. The highest BCUT2D eigenvalue weighted by atomic mass is 79.9. The second-order valence-electron chi connectivity index (χ2n) is 3.66. The number of nitriles is 1. The van der Waals surface area contributed by atoms with Crippen molar-refractivity contribution in [2.45, 2.75) is 0 Å². The fourth-order valence-electron chi connectivity index (χ4n) is 1.41. The van der Waals surface area contributed by atoms with E-state index in [9.17, 15) is 9.90 Å². The molecule has 1 amide bonds. The van der Waals surface area contributed by atoms with E-state index in [1.165, 1.54) is 24.4 Å². The number of nitrogens with one attached hydrogen (secondary N) is 1. The van der Waals surface area contributed by atoms with E-state index in [0.717, 1.165) is 0 Å². The average molecular weight is 318 g/mol. The second-order valence-corrected chi connectivity index (χ2v) is 4.58. The number of hydrogen-bond donors (Lipinski definition) is 2. The zero-order valence-corrected chi connectivity index (χ0v) is 11.2. The van der Waals surface area contributed by atoms with Crippen LogP contribution >= 0.6 is 15.9 Å². The molecule has 1 heterocycles. The fraction of sp³-hybridized carbons (Fsp3) is 0. The number of carbonyl (C=O) groups is 1.